The van der Waals surface area contributed by atoms with Gasteiger partial charge in [0.1, 0.15) is 0 Å². The second-order valence-corrected chi connectivity index (χ2v) is 9.76. The molecule has 0 spiro atoms. The molecule has 30 heavy (non-hydrogen) atoms. The Labute approximate surface area is 179 Å². The van der Waals surface area contributed by atoms with Gasteiger partial charge in [-0.25, -0.2) is 4.79 Å². The SMILES string of the molecule is CC#CC1(OC(=O)c2ccc3c(c2)c2ccccc2[s+]3-c2ccccc2)CCCC1. The zero-order valence-electron chi connectivity index (χ0n) is 17.0. The topological polar surface area (TPSA) is 26.3 Å². The molecule has 148 valence electrons. The lowest BCUT2D eigenvalue weighted by Crippen LogP contribution is -2.30. The van der Waals surface area contributed by atoms with Crippen LogP contribution >= 0.6 is 10.5 Å². The van der Waals surface area contributed by atoms with Crippen LogP contribution in [0.3, 0.4) is 0 Å². The summed E-state index contributed by atoms with van der Waals surface area (Å²) in [6, 6.07) is 25.1. The summed E-state index contributed by atoms with van der Waals surface area (Å²) < 4.78 is 8.55. The number of carbonyl (C=O) groups is 1. The van der Waals surface area contributed by atoms with E-state index in [1.165, 1.54) is 19.7 Å². The van der Waals surface area contributed by atoms with Gasteiger partial charge in [-0.3, -0.25) is 0 Å². The molecule has 0 bridgehead atoms. The first kappa shape index (κ1) is 18.9. The average molecular weight is 412 g/mol. The van der Waals surface area contributed by atoms with Crippen molar-refractivity contribution in [1.29, 1.82) is 0 Å². The smallest absolute Gasteiger partial charge is 0.339 e. The number of thiophene rings is 1. The van der Waals surface area contributed by atoms with Gasteiger partial charge < -0.3 is 4.74 Å². The van der Waals surface area contributed by atoms with Crippen LogP contribution in [0.25, 0.3) is 25.1 Å². The molecule has 1 unspecified atom stereocenters. The first-order chi connectivity index (χ1) is 14.7. The molecule has 1 aromatic heterocycles. The van der Waals surface area contributed by atoms with Gasteiger partial charge in [-0.2, -0.15) is 0 Å². The van der Waals surface area contributed by atoms with E-state index >= 15 is 0 Å². The number of fused-ring (bicyclic) bond motifs is 3. The molecular formula is C27H23O2S+. The molecular weight excluding hydrogens is 388 g/mol. The summed E-state index contributed by atoms with van der Waals surface area (Å²) in [5, 5.41) is 2.34. The highest BCUT2D eigenvalue weighted by atomic mass is 32.2. The van der Waals surface area contributed by atoms with Crippen LogP contribution in [0.2, 0.25) is 0 Å². The van der Waals surface area contributed by atoms with Crippen molar-refractivity contribution in [2.45, 2.75) is 38.2 Å². The summed E-state index contributed by atoms with van der Waals surface area (Å²) in [5.41, 5.74) is -0.0110. The van der Waals surface area contributed by atoms with Gasteiger partial charge in [0, 0.05) is 21.2 Å². The van der Waals surface area contributed by atoms with Crippen LogP contribution in [0.4, 0.5) is 0 Å². The maximum Gasteiger partial charge on any atom is 0.339 e. The molecule has 2 nitrogen and oxygen atoms in total. The third-order valence-corrected chi connectivity index (χ3v) is 8.20. The maximum atomic E-state index is 13.1. The Bertz CT molecular complexity index is 1300. The first-order valence-corrected chi connectivity index (χ1v) is 11.6. The minimum atomic E-state index is -0.614. The van der Waals surface area contributed by atoms with E-state index < -0.39 is 5.60 Å². The summed E-state index contributed by atoms with van der Waals surface area (Å²) in [6.45, 7) is 1.81. The van der Waals surface area contributed by atoms with E-state index in [-0.39, 0.29) is 16.4 Å². The lowest BCUT2D eigenvalue weighted by atomic mass is 10.0. The lowest BCUT2D eigenvalue weighted by molar-refractivity contribution is 0.0103. The van der Waals surface area contributed by atoms with Crippen LogP contribution in [-0.4, -0.2) is 11.6 Å². The van der Waals surface area contributed by atoms with Crippen molar-refractivity contribution in [2.75, 3.05) is 0 Å². The Balaban J connectivity index is 1.62. The van der Waals surface area contributed by atoms with Crippen LogP contribution in [-0.2, 0) is 4.74 Å². The van der Waals surface area contributed by atoms with Gasteiger partial charge in [-0.15, -0.1) is 5.92 Å². The highest BCUT2D eigenvalue weighted by Crippen LogP contribution is 2.48. The molecule has 0 aliphatic heterocycles. The lowest BCUT2D eigenvalue weighted by Gasteiger charge is -2.23. The van der Waals surface area contributed by atoms with Crippen molar-refractivity contribution in [3.8, 4) is 16.7 Å². The fourth-order valence-corrected chi connectivity index (χ4v) is 6.88. The monoisotopic (exact) mass is 411 g/mol. The minimum absolute atomic E-state index is 0.152. The van der Waals surface area contributed by atoms with Crippen molar-refractivity contribution in [2.24, 2.45) is 0 Å². The molecule has 1 aliphatic rings. The van der Waals surface area contributed by atoms with Crippen molar-refractivity contribution < 1.29 is 9.53 Å². The molecule has 1 fully saturated rings. The Morgan fingerprint density at radius 3 is 2.37 bits per heavy atom. The van der Waals surface area contributed by atoms with Crippen LogP contribution in [0.1, 0.15) is 43.0 Å². The van der Waals surface area contributed by atoms with E-state index in [2.05, 4.69) is 66.4 Å². The molecule has 0 N–H and O–H groups in total. The van der Waals surface area contributed by atoms with Gasteiger partial charge >= 0.3 is 5.97 Å². The number of esters is 1. The second-order valence-electron chi connectivity index (χ2n) is 7.79. The van der Waals surface area contributed by atoms with E-state index in [9.17, 15) is 4.79 Å². The summed E-state index contributed by atoms with van der Waals surface area (Å²) in [4.78, 5) is 14.3. The van der Waals surface area contributed by atoms with E-state index in [4.69, 9.17) is 4.74 Å². The maximum absolute atomic E-state index is 13.1. The van der Waals surface area contributed by atoms with Gasteiger partial charge in [0.05, 0.1) is 5.56 Å². The first-order valence-electron chi connectivity index (χ1n) is 10.4. The Kier molecular flexibility index (Phi) is 4.81. The van der Waals surface area contributed by atoms with Crippen LogP contribution in [0, 0.1) is 11.8 Å². The second kappa shape index (κ2) is 7.63. The van der Waals surface area contributed by atoms with Crippen molar-refractivity contribution in [3.63, 3.8) is 0 Å². The molecule has 1 aliphatic carbocycles. The van der Waals surface area contributed by atoms with Gasteiger partial charge in [0.15, 0.2) is 19.9 Å². The predicted octanol–water partition coefficient (Wildman–Crippen LogP) is 7.22. The molecule has 3 aromatic carbocycles. The number of carbonyl (C=O) groups excluding carboxylic acids is 1. The minimum Gasteiger partial charge on any atom is -0.442 e. The van der Waals surface area contributed by atoms with E-state index in [1.807, 2.05) is 25.1 Å². The van der Waals surface area contributed by atoms with E-state index in [1.54, 1.807) is 0 Å². The van der Waals surface area contributed by atoms with Gasteiger partial charge in [0.2, 0.25) is 0 Å². The number of ether oxygens (including phenoxy) is 1. The summed E-state index contributed by atoms with van der Waals surface area (Å²) in [5.74, 6) is 5.85. The fourth-order valence-electron chi connectivity index (χ4n) is 4.50. The van der Waals surface area contributed by atoms with Gasteiger partial charge in [-0.05, 0) is 75.1 Å². The highest BCUT2D eigenvalue weighted by Gasteiger charge is 2.36. The third kappa shape index (κ3) is 3.18. The van der Waals surface area contributed by atoms with Crippen molar-refractivity contribution in [1.82, 2.24) is 0 Å². The van der Waals surface area contributed by atoms with Crippen LogP contribution < -0.4 is 0 Å². The van der Waals surface area contributed by atoms with Crippen LogP contribution in [0.15, 0.2) is 72.8 Å². The Morgan fingerprint density at radius 1 is 0.900 bits per heavy atom. The Hall–Kier alpha value is -3.09. The normalized spacial score (nSPS) is 15.7. The van der Waals surface area contributed by atoms with E-state index in [0.717, 1.165) is 31.1 Å². The molecule has 4 aromatic rings. The molecule has 1 atom stereocenters. The molecule has 1 heterocycles. The van der Waals surface area contributed by atoms with Gasteiger partial charge in [0.25, 0.3) is 0 Å². The number of rotatable bonds is 3. The zero-order chi connectivity index (χ0) is 20.6. The van der Waals surface area contributed by atoms with Gasteiger partial charge in [-0.1, -0.05) is 36.3 Å². The fraction of sp³-hybridized carbons (Fsp3) is 0.222. The van der Waals surface area contributed by atoms with Crippen molar-refractivity contribution >= 4 is 36.6 Å². The summed E-state index contributed by atoms with van der Waals surface area (Å²) >= 11 is 0. The molecule has 1 saturated carbocycles. The summed E-state index contributed by atoms with van der Waals surface area (Å²) in [6.07, 6.45) is 3.76. The average Bonchev–Trinajstić information content (AvgIpc) is 3.36. The Morgan fingerprint density at radius 2 is 1.60 bits per heavy atom. The summed E-state index contributed by atoms with van der Waals surface area (Å²) in [7, 11) is -0.152. The molecule has 0 amide bonds. The quantitative estimate of drug-likeness (QED) is 0.202. The van der Waals surface area contributed by atoms with Crippen LogP contribution in [0.5, 0.6) is 0 Å². The highest BCUT2D eigenvalue weighted by molar-refractivity contribution is 7.50. The standard InChI is InChI=1S/C27H23O2S/c1-2-16-27(17-8-9-18-27)29-26(28)20-14-15-25-23(19-20)22-12-6-7-13-24(22)30(25)21-10-4-3-5-11-21/h3-7,10-15,19H,8-9,17-18H2,1H3/q+1. The number of hydrogen-bond donors (Lipinski definition) is 0. The van der Waals surface area contributed by atoms with E-state index in [0.29, 0.717) is 5.56 Å². The predicted molar refractivity (Wildman–Crippen MR) is 125 cm³/mol. The zero-order valence-corrected chi connectivity index (χ0v) is 17.8. The molecule has 3 heteroatoms. The van der Waals surface area contributed by atoms with Crippen molar-refractivity contribution in [3.05, 3.63) is 78.4 Å². The number of hydrogen-bond acceptors (Lipinski definition) is 2. The third-order valence-electron chi connectivity index (χ3n) is 5.86. The molecule has 0 saturated heterocycles. The largest absolute Gasteiger partial charge is 0.442 e. The molecule has 0 radical (unpaired) electrons. The number of benzene rings is 3. The molecule has 5 rings (SSSR count).